The minimum Gasteiger partial charge on any atom is -0.493 e. The number of likely N-dealkylation sites (tertiary alicyclic amines) is 1. The van der Waals surface area contributed by atoms with Crippen LogP contribution in [0.5, 0.6) is 5.75 Å². The number of carbonyl (C=O) groups excluding carboxylic acids is 2. The standard InChI is InChI=1S/C23H32N2O4/c1-4-11-25-22(27)20(18-7-9-19(10-8-18)29-15-16(2)3)21(23(25)28)24-12-5-6-17(13-24)14-26/h7-10,16-17,26H,4-6,11-15H2,1-3H3. The zero-order valence-corrected chi connectivity index (χ0v) is 17.7. The van der Waals surface area contributed by atoms with Crippen LogP contribution >= 0.6 is 0 Å². The van der Waals surface area contributed by atoms with E-state index in [0.717, 1.165) is 37.1 Å². The minimum atomic E-state index is -0.228. The summed E-state index contributed by atoms with van der Waals surface area (Å²) in [5.74, 6) is 0.871. The lowest BCUT2D eigenvalue weighted by molar-refractivity contribution is -0.137. The molecule has 1 N–H and O–H groups in total. The van der Waals surface area contributed by atoms with Crippen molar-refractivity contribution in [3.8, 4) is 5.75 Å². The van der Waals surface area contributed by atoms with E-state index in [1.807, 2.05) is 36.1 Å². The van der Waals surface area contributed by atoms with Crippen molar-refractivity contribution in [2.24, 2.45) is 11.8 Å². The molecule has 3 rings (SSSR count). The van der Waals surface area contributed by atoms with Crippen LogP contribution in [-0.4, -0.2) is 59.6 Å². The molecule has 2 aliphatic rings. The molecule has 158 valence electrons. The SMILES string of the molecule is CCCN1C(=O)C(c2ccc(OCC(C)C)cc2)=C(N2CCCC(CO)C2)C1=O. The second-order valence-electron chi connectivity index (χ2n) is 8.35. The molecule has 1 aromatic carbocycles. The van der Waals surface area contributed by atoms with Gasteiger partial charge in [-0.3, -0.25) is 14.5 Å². The number of aliphatic hydroxyl groups is 1. The number of nitrogens with zero attached hydrogens (tertiary/aromatic N) is 2. The molecule has 0 aromatic heterocycles. The fraction of sp³-hybridized carbons (Fsp3) is 0.565. The normalized spacial score (nSPS) is 20.2. The number of piperidine rings is 1. The van der Waals surface area contributed by atoms with Gasteiger partial charge in [-0.2, -0.15) is 0 Å². The molecule has 29 heavy (non-hydrogen) atoms. The van der Waals surface area contributed by atoms with Crippen LogP contribution in [0.4, 0.5) is 0 Å². The van der Waals surface area contributed by atoms with Gasteiger partial charge in [0.2, 0.25) is 0 Å². The molecule has 1 unspecified atom stereocenters. The van der Waals surface area contributed by atoms with E-state index in [-0.39, 0.29) is 24.3 Å². The zero-order chi connectivity index (χ0) is 21.0. The second kappa shape index (κ2) is 9.44. The molecule has 6 heteroatoms. The lowest BCUT2D eigenvalue weighted by Gasteiger charge is -2.34. The van der Waals surface area contributed by atoms with Crippen molar-refractivity contribution in [2.45, 2.75) is 40.0 Å². The Hall–Kier alpha value is -2.34. The Balaban J connectivity index is 1.94. The fourth-order valence-corrected chi connectivity index (χ4v) is 3.94. The number of aliphatic hydroxyl groups excluding tert-OH is 1. The van der Waals surface area contributed by atoms with E-state index in [9.17, 15) is 14.7 Å². The van der Waals surface area contributed by atoms with E-state index in [4.69, 9.17) is 4.74 Å². The number of carbonyl (C=O) groups is 2. The maximum absolute atomic E-state index is 13.2. The molecule has 2 amide bonds. The highest BCUT2D eigenvalue weighted by Crippen LogP contribution is 2.34. The van der Waals surface area contributed by atoms with Crippen molar-refractivity contribution in [2.75, 3.05) is 32.8 Å². The first-order valence-electron chi connectivity index (χ1n) is 10.7. The summed E-state index contributed by atoms with van der Waals surface area (Å²) in [6.07, 6.45) is 2.57. The van der Waals surface area contributed by atoms with E-state index in [1.165, 1.54) is 4.90 Å². The topological polar surface area (TPSA) is 70.1 Å². The number of amides is 2. The third kappa shape index (κ3) is 4.64. The summed E-state index contributed by atoms with van der Waals surface area (Å²) >= 11 is 0. The Morgan fingerprint density at radius 3 is 2.52 bits per heavy atom. The van der Waals surface area contributed by atoms with Gasteiger partial charge < -0.3 is 14.7 Å². The molecule has 1 fully saturated rings. The summed E-state index contributed by atoms with van der Waals surface area (Å²) in [7, 11) is 0. The van der Waals surface area contributed by atoms with E-state index >= 15 is 0 Å². The van der Waals surface area contributed by atoms with Gasteiger partial charge in [0.25, 0.3) is 11.8 Å². The summed E-state index contributed by atoms with van der Waals surface area (Å²) in [5, 5.41) is 9.59. The van der Waals surface area contributed by atoms with E-state index < -0.39 is 0 Å². The van der Waals surface area contributed by atoms with Gasteiger partial charge >= 0.3 is 0 Å². The predicted molar refractivity (Wildman–Crippen MR) is 112 cm³/mol. The maximum atomic E-state index is 13.2. The van der Waals surface area contributed by atoms with E-state index in [1.54, 1.807) is 0 Å². The second-order valence-corrected chi connectivity index (χ2v) is 8.35. The van der Waals surface area contributed by atoms with Gasteiger partial charge in [0, 0.05) is 26.2 Å². The van der Waals surface area contributed by atoms with Crippen LogP contribution in [0, 0.1) is 11.8 Å². The number of ether oxygens (including phenoxy) is 1. The average Bonchev–Trinajstić information content (AvgIpc) is 2.97. The Morgan fingerprint density at radius 1 is 1.17 bits per heavy atom. The van der Waals surface area contributed by atoms with Gasteiger partial charge in [-0.25, -0.2) is 0 Å². The quantitative estimate of drug-likeness (QED) is 0.680. The molecule has 1 atom stereocenters. The van der Waals surface area contributed by atoms with Crippen LogP contribution in [-0.2, 0) is 9.59 Å². The van der Waals surface area contributed by atoms with E-state index in [0.29, 0.717) is 36.9 Å². The molecule has 2 aliphatic heterocycles. The summed E-state index contributed by atoms with van der Waals surface area (Å²) in [6.45, 7) is 8.61. The molecule has 6 nitrogen and oxygen atoms in total. The molecule has 1 aromatic rings. The summed E-state index contributed by atoms with van der Waals surface area (Å²) in [4.78, 5) is 29.7. The Labute approximate surface area is 173 Å². The first-order chi connectivity index (χ1) is 14.0. The van der Waals surface area contributed by atoms with Gasteiger partial charge in [-0.15, -0.1) is 0 Å². The van der Waals surface area contributed by atoms with Crippen molar-refractivity contribution in [3.63, 3.8) is 0 Å². The Morgan fingerprint density at radius 2 is 1.90 bits per heavy atom. The van der Waals surface area contributed by atoms with Crippen LogP contribution < -0.4 is 4.74 Å². The number of rotatable bonds is 8. The van der Waals surface area contributed by atoms with Crippen molar-refractivity contribution in [1.82, 2.24) is 9.80 Å². The van der Waals surface area contributed by atoms with Gasteiger partial charge in [0.1, 0.15) is 11.4 Å². The van der Waals surface area contributed by atoms with Gasteiger partial charge in [-0.05, 0) is 48.8 Å². The monoisotopic (exact) mass is 400 g/mol. The molecule has 0 aliphatic carbocycles. The lowest BCUT2D eigenvalue weighted by Crippen LogP contribution is -2.40. The lowest BCUT2D eigenvalue weighted by atomic mass is 9.97. The summed E-state index contributed by atoms with van der Waals surface area (Å²) < 4.78 is 5.75. The van der Waals surface area contributed by atoms with Crippen molar-refractivity contribution < 1.29 is 19.4 Å². The third-order valence-corrected chi connectivity index (χ3v) is 5.41. The Kier molecular flexibility index (Phi) is 6.96. The highest BCUT2D eigenvalue weighted by molar-refractivity contribution is 6.35. The first kappa shape index (κ1) is 21.4. The number of hydrogen-bond donors (Lipinski definition) is 1. The Bertz CT molecular complexity index is 770. The highest BCUT2D eigenvalue weighted by Gasteiger charge is 2.42. The number of imide groups is 1. The molecule has 0 radical (unpaired) electrons. The van der Waals surface area contributed by atoms with Crippen molar-refractivity contribution in [1.29, 1.82) is 0 Å². The van der Waals surface area contributed by atoms with Gasteiger partial charge in [-0.1, -0.05) is 32.9 Å². The average molecular weight is 401 g/mol. The summed E-state index contributed by atoms with van der Waals surface area (Å²) in [6, 6.07) is 7.43. The van der Waals surface area contributed by atoms with Crippen LogP contribution in [0.15, 0.2) is 30.0 Å². The van der Waals surface area contributed by atoms with Crippen LogP contribution in [0.1, 0.15) is 45.6 Å². The smallest absolute Gasteiger partial charge is 0.277 e. The largest absolute Gasteiger partial charge is 0.493 e. The molecule has 0 spiro atoms. The fourth-order valence-electron chi connectivity index (χ4n) is 3.94. The number of benzene rings is 1. The molecule has 0 saturated carbocycles. The minimum absolute atomic E-state index is 0.0990. The third-order valence-electron chi connectivity index (χ3n) is 5.41. The van der Waals surface area contributed by atoms with Gasteiger partial charge in [0.05, 0.1) is 12.2 Å². The van der Waals surface area contributed by atoms with Gasteiger partial charge in [0.15, 0.2) is 0 Å². The molecular weight excluding hydrogens is 368 g/mol. The molecular formula is C23H32N2O4. The first-order valence-corrected chi connectivity index (χ1v) is 10.7. The van der Waals surface area contributed by atoms with Crippen molar-refractivity contribution in [3.05, 3.63) is 35.5 Å². The van der Waals surface area contributed by atoms with Crippen molar-refractivity contribution >= 4 is 17.4 Å². The zero-order valence-electron chi connectivity index (χ0n) is 17.7. The molecule has 1 saturated heterocycles. The number of hydrogen-bond acceptors (Lipinski definition) is 5. The van der Waals surface area contributed by atoms with Crippen LogP contribution in [0.2, 0.25) is 0 Å². The summed E-state index contributed by atoms with van der Waals surface area (Å²) in [5.41, 5.74) is 1.69. The van der Waals surface area contributed by atoms with E-state index in [2.05, 4.69) is 13.8 Å². The highest BCUT2D eigenvalue weighted by atomic mass is 16.5. The maximum Gasteiger partial charge on any atom is 0.277 e. The molecule has 2 heterocycles. The van der Waals surface area contributed by atoms with Crippen LogP contribution in [0.3, 0.4) is 0 Å². The van der Waals surface area contributed by atoms with Crippen LogP contribution in [0.25, 0.3) is 5.57 Å². The molecule has 0 bridgehead atoms. The predicted octanol–water partition coefficient (Wildman–Crippen LogP) is 2.92.